The lowest BCUT2D eigenvalue weighted by molar-refractivity contribution is 1.65. The summed E-state index contributed by atoms with van der Waals surface area (Å²) < 4.78 is 0. The van der Waals surface area contributed by atoms with Crippen LogP contribution in [0.4, 0.5) is 0 Å². The van der Waals surface area contributed by atoms with Crippen molar-refractivity contribution in [1.29, 1.82) is 0 Å². The highest BCUT2D eigenvalue weighted by molar-refractivity contribution is 6.04. The summed E-state index contributed by atoms with van der Waals surface area (Å²) in [7, 11) is 0. The Balaban J connectivity index is 2.09. The molecule has 0 N–H and O–H groups in total. The molecule has 0 aliphatic rings. The second-order valence-corrected chi connectivity index (χ2v) is 5.01. The Hall–Kier alpha value is -2.60. The van der Waals surface area contributed by atoms with Crippen molar-refractivity contribution in [3.05, 3.63) is 84.9 Å². The Kier molecular flexibility index (Phi) is 2.53. The summed E-state index contributed by atoms with van der Waals surface area (Å²) in [5, 5.41) is 5.17. The molecule has 0 fully saturated rings. The lowest BCUT2D eigenvalue weighted by atomic mass is 9.96. The van der Waals surface area contributed by atoms with Crippen LogP contribution >= 0.6 is 0 Å². The van der Waals surface area contributed by atoms with Gasteiger partial charge in [0.25, 0.3) is 0 Å². The van der Waals surface area contributed by atoms with E-state index in [4.69, 9.17) is 0 Å². The minimum atomic E-state index is 1.24. The largest absolute Gasteiger partial charge is 0.0616 e. The van der Waals surface area contributed by atoms with E-state index in [2.05, 4.69) is 72.8 Å². The molecule has 0 aliphatic heterocycles. The molecule has 0 nitrogen and oxygen atoms in total. The molecule has 20 heavy (non-hydrogen) atoms. The van der Waals surface area contributed by atoms with Gasteiger partial charge in [-0.05, 0) is 50.9 Å². The fourth-order valence-corrected chi connectivity index (χ4v) is 2.79. The maximum atomic E-state index is 3.08. The normalized spacial score (nSPS) is 11.0. The molecule has 0 amide bonds. The lowest BCUT2D eigenvalue weighted by Gasteiger charge is -2.08. The molecule has 4 aromatic rings. The summed E-state index contributed by atoms with van der Waals surface area (Å²) in [6, 6.07) is 30.8. The van der Waals surface area contributed by atoms with Crippen LogP contribution in [0.1, 0.15) is 0 Å². The monoisotopic (exact) mass is 253 g/mol. The zero-order valence-electron chi connectivity index (χ0n) is 11.0. The molecule has 1 radical (unpaired) electrons. The first-order valence-corrected chi connectivity index (χ1v) is 6.80. The van der Waals surface area contributed by atoms with Gasteiger partial charge in [0.1, 0.15) is 0 Å². The SMILES string of the molecule is [c]1ccc(-c2cccc3cc4ccccc4cc23)cc1. The van der Waals surface area contributed by atoms with E-state index in [-0.39, 0.29) is 0 Å². The summed E-state index contributed by atoms with van der Waals surface area (Å²) in [5.41, 5.74) is 2.52. The van der Waals surface area contributed by atoms with Crippen LogP contribution in [-0.4, -0.2) is 0 Å². The quantitative estimate of drug-likeness (QED) is 0.395. The van der Waals surface area contributed by atoms with Crippen LogP contribution in [0.15, 0.2) is 78.9 Å². The van der Waals surface area contributed by atoms with Crippen molar-refractivity contribution < 1.29 is 0 Å². The van der Waals surface area contributed by atoms with Gasteiger partial charge in [-0.15, -0.1) is 0 Å². The molecule has 0 unspecified atom stereocenters. The Morgan fingerprint density at radius 3 is 2.10 bits per heavy atom. The molecule has 0 saturated heterocycles. The van der Waals surface area contributed by atoms with Crippen LogP contribution in [0.25, 0.3) is 32.7 Å². The van der Waals surface area contributed by atoms with Gasteiger partial charge >= 0.3 is 0 Å². The van der Waals surface area contributed by atoms with Crippen LogP contribution in [0, 0.1) is 6.07 Å². The molecule has 0 spiro atoms. The predicted molar refractivity (Wildman–Crippen MR) is 85.7 cm³/mol. The highest BCUT2D eigenvalue weighted by atomic mass is 14.1. The number of hydrogen-bond acceptors (Lipinski definition) is 0. The van der Waals surface area contributed by atoms with Crippen LogP contribution in [0.5, 0.6) is 0 Å². The number of fused-ring (bicyclic) bond motifs is 2. The van der Waals surface area contributed by atoms with Crippen molar-refractivity contribution in [3.8, 4) is 11.1 Å². The van der Waals surface area contributed by atoms with Crippen molar-refractivity contribution in [1.82, 2.24) is 0 Å². The van der Waals surface area contributed by atoms with Crippen molar-refractivity contribution in [3.63, 3.8) is 0 Å². The summed E-state index contributed by atoms with van der Waals surface area (Å²) in [6.07, 6.45) is 0. The number of rotatable bonds is 1. The van der Waals surface area contributed by atoms with Crippen molar-refractivity contribution in [2.45, 2.75) is 0 Å². The summed E-state index contributed by atoms with van der Waals surface area (Å²) >= 11 is 0. The van der Waals surface area contributed by atoms with Crippen LogP contribution in [-0.2, 0) is 0 Å². The fourth-order valence-electron chi connectivity index (χ4n) is 2.79. The van der Waals surface area contributed by atoms with E-state index in [0.29, 0.717) is 0 Å². The van der Waals surface area contributed by atoms with Gasteiger partial charge < -0.3 is 0 Å². The van der Waals surface area contributed by atoms with Crippen molar-refractivity contribution >= 4 is 21.5 Å². The molecule has 0 heteroatoms. The van der Waals surface area contributed by atoms with E-state index in [1.165, 1.54) is 32.7 Å². The Labute approximate surface area is 118 Å². The summed E-state index contributed by atoms with van der Waals surface area (Å²) in [6.45, 7) is 0. The minimum Gasteiger partial charge on any atom is -0.0616 e. The first-order valence-electron chi connectivity index (χ1n) is 6.80. The van der Waals surface area contributed by atoms with E-state index in [1.807, 2.05) is 12.1 Å². The maximum absolute atomic E-state index is 3.08. The van der Waals surface area contributed by atoms with Gasteiger partial charge in [0.05, 0.1) is 0 Å². The zero-order chi connectivity index (χ0) is 13.4. The first kappa shape index (κ1) is 11.2. The summed E-state index contributed by atoms with van der Waals surface area (Å²) in [5.74, 6) is 0. The molecule has 93 valence electrons. The second-order valence-electron chi connectivity index (χ2n) is 5.01. The minimum absolute atomic E-state index is 1.24. The van der Waals surface area contributed by atoms with Crippen molar-refractivity contribution in [2.75, 3.05) is 0 Å². The van der Waals surface area contributed by atoms with Crippen LogP contribution < -0.4 is 0 Å². The van der Waals surface area contributed by atoms with Crippen LogP contribution in [0.3, 0.4) is 0 Å². The highest BCUT2D eigenvalue weighted by Crippen LogP contribution is 2.31. The third-order valence-corrected chi connectivity index (χ3v) is 3.78. The number of hydrogen-bond donors (Lipinski definition) is 0. The van der Waals surface area contributed by atoms with E-state index in [0.717, 1.165) is 0 Å². The van der Waals surface area contributed by atoms with Gasteiger partial charge in [-0.2, -0.15) is 0 Å². The molecule has 4 aromatic carbocycles. The molecule has 0 aliphatic carbocycles. The van der Waals surface area contributed by atoms with E-state index in [1.54, 1.807) is 0 Å². The Morgan fingerprint density at radius 2 is 1.30 bits per heavy atom. The third-order valence-electron chi connectivity index (χ3n) is 3.78. The van der Waals surface area contributed by atoms with Gasteiger partial charge in [0.2, 0.25) is 0 Å². The number of benzene rings is 4. The Bertz CT molecular complexity index is 889. The van der Waals surface area contributed by atoms with Crippen molar-refractivity contribution in [2.24, 2.45) is 0 Å². The van der Waals surface area contributed by atoms with Gasteiger partial charge in [-0.25, -0.2) is 0 Å². The van der Waals surface area contributed by atoms with Gasteiger partial charge in [-0.3, -0.25) is 0 Å². The van der Waals surface area contributed by atoms with Crippen LogP contribution in [0.2, 0.25) is 0 Å². The van der Waals surface area contributed by atoms with E-state index < -0.39 is 0 Å². The molecule has 0 bridgehead atoms. The standard InChI is InChI=1S/C20H13/c1-2-7-15(8-3-1)19-12-6-11-18-13-16-9-4-5-10-17(16)14-20(18)19/h2-14H. The smallest absolute Gasteiger partial charge is 0.00990 e. The molecular formula is C20H13. The Morgan fingerprint density at radius 1 is 0.600 bits per heavy atom. The second kappa shape index (κ2) is 4.50. The average molecular weight is 253 g/mol. The average Bonchev–Trinajstić information content (AvgIpc) is 2.53. The van der Waals surface area contributed by atoms with E-state index >= 15 is 0 Å². The molecule has 0 saturated carbocycles. The maximum Gasteiger partial charge on any atom is -0.00990 e. The molecule has 0 heterocycles. The first-order chi connectivity index (χ1) is 9.92. The molecule has 0 atom stereocenters. The van der Waals surface area contributed by atoms with E-state index in [9.17, 15) is 0 Å². The lowest BCUT2D eigenvalue weighted by Crippen LogP contribution is -1.82. The predicted octanol–water partition coefficient (Wildman–Crippen LogP) is 5.46. The zero-order valence-corrected chi connectivity index (χ0v) is 11.0. The van der Waals surface area contributed by atoms with Gasteiger partial charge in [-0.1, -0.05) is 66.7 Å². The molecule has 4 rings (SSSR count). The highest BCUT2D eigenvalue weighted by Gasteiger charge is 2.04. The van der Waals surface area contributed by atoms with Gasteiger partial charge in [0.15, 0.2) is 0 Å². The van der Waals surface area contributed by atoms with Gasteiger partial charge in [0, 0.05) is 0 Å². The third kappa shape index (κ3) is 1.78. The molecule has 0 aromatic heterocycles. The molecular weight excluding hydrogens is 240 g/mol. The topological polar surface area (TPSA) is 0 Å². The summed E-state index contributed by atoms with van der Waals surface area (Å²) in [4.78, 5) is 0. The fraction of sp³-hybridized carbons (Fsp3) is 0.